The number of carbonyl (C=O) groups excluding carboxylic acids is 1. The van der Waals surface area contributed by atoms with Crippen LogP contribution in [-0.2, 0) is 16.1 Å². The van der Waals surface area contributed by atoms with Crippen LogP contribution in [0.1, 0.15) is 32.8 Å². The van der Waals surface area contributed by atoms with Crippen LogP contribution >= 0.6 is 0 Å². The van der Waals surface area contributed by atoms with E-state index in [-0.39, 0.29) is 5.82 Å². The second-order valence-corrected chi connectivity index (χ2v) is 4.34. The van der Waals surface area contributed by atoms with Gasteiger partial charge >= 0.3 is 5.97 Å². The van der Waals surface area contributed by atoms with Gasteiger partial charge in [0.15, 0.2) is 6.10 Å². The fourth-order valence-corrected chi connectivity index (χ4v) is 1.76. The van der Waals surface area contributed by atoms with E-state index in [4.69, 9.17) is 9.47 Å². The predicted molar refractivity (Wildman–Crippen MR) is 75.1 cm³/mol. The van der Waals surface area contributed by atoms with Gasteiger partial charge in [-0.25, -0.2) is 9.18 Å². The maximum absolute atomic E-state index is 13.5. The standard InChI is InChI=1S/C15H22FNO3/c1-4-14(15(18)19-6-3)20-13-8-11(10-17-5-2)7-12(16)9-13/h7-9,14,17H,4-6,10H2,1-3H3. The zero-order chi connectivity index (χ0) is 15.0. The van der Waals surface area contributed by atoms with Crippen molar-refractivity contribution in [1.29, 1.82) is 0 Å². The maximum Gasteiger partial charge on any atom is 0.347 e. The molecule has 0 saturated heterocycles. The minimum atomic E-state index is -0.705. The van der Waals surface area contributed by atoms with Crippen molar-refractivity contribution in [3.8, 4) is 5.75 Å². The highest BCUT2D eigenvalue weighted by Crippen LogP contribution is 2.19. The molecule has 0 aliphatic heterocycles. The SMILES string of the molecule is CCNCc1cc(F)cc(OC(CC)C(=O)OCC)c1. The highest BCUT2D eigenvalue weighted by Gasteiger charge is 2.20. The Kier molecular flexibility index (Phi) is 7.01. The molecule has 0 aromatic heterocycles. The Morgan fingerprint density at radius 3 is 2.65 bits per heavy atom. The Morgan fingerprint density at radius 1 is 1.30 bits per heavy atom. The normalized spacial score (nSPS) is 12.0. The summed E-state index contributed by atoms with van der Waals surface area (Å²) >= 11 is 0. The van der Waals surface area contributed by atoms with Crippen molar-refractivity contribution in [3.63, 3.8) is 0 Å². The molecule has 20 heavy (non-hydrogen) atoms. The minimum absolute atomic E-state index is 0.299. The summed E-state index contributed by atoms with van der Waals surface area (Å²) in [6.07, 6.45) is -0.235. The molecule has 4 nitrogen and oxygen atoms in total. The number of hydrogen-bond acceptors (Lipinski definition) is 4. The molecule has 1 N–H and O–H groups in total. The summed E-state index contributed by atoms with van der Waals surface area (Å²) in [5.41, 5.74) is 0.778. The lowest BCUT2D eigenvalue weighted by atomic mass is 10.2. The third-order valence-corrected chi connectivity index (χ3v) is 2.71. The van der Waals surface area contributed by atoms with E-state index in [1.54, 1.807) is 13.0 Å². The van der Waals surface area contributed by atoms with Gasteiger partial charge < -0.3 is 14.8 Å². The van der Waals surface area contributed by atoms with Crippen molar-refractivity contribution in [2.75, 3.05) is 13.2 Å². The van der Waals surface area contributed by atoms with Crippen molar-refractivity contribution >= 4 is 5.97 Å². The van der Waals surface area contributed by atoms with Gasteiger partial charge in [-0.15, -0.1) is 0 Å². The Morgan fingerprint density at radius 2 is 2.05 bits per heavy atom. The van der Waals surface area contributed by atoms with Gasteiger partial charge in [0, 0.05) is 12.6 Å². The lowest BCUT2D eigenvalue weighted by molar-refractivity contribution is -0.151. The van der Waals surface area contributed by atoms with Gasteiger partial charge in [0.2, 0.25) is 0 Å². The summed E-state index contributed by atoms with van der Waals surface area (Å²) in [4.78, 5) is 11.7. The third-order valence-electron chi connectivity index (χ3n) is 2.71. The van der Waals surface area contributed by atoms with E-state index in [2.05, 4.69) is 5.32 Å². The molecule has 0 saturated carbocycles. The van der Waals surface area contributed by atoms with Crippen LogP contribution in [-0.4, -0.2) is 25.2 Å². The van der Waals surface area contributed by atoms with Gasteiger partial charge in [0.1, 0.15) is 11.6 Å². The van der Waals surface area contributed by atoms with Gasteiger partial charge in [0.25, 0.3) is 0 Å². The molecule has 0 spiro atoms. The van der Waals surface area contributed by atoms with Crippen molar-refractivity contribution < 1.29 is 18.7 Å². The molecular formula is C15H22FNO3. The molecule has 1 unspecified atom stereocenters. The second-order valence-electron chi connectivity index (χ2n) is 4.34. The molecular weight excluding hydrogens is 261 g/mol. The van der Waals surface area contributed by atoms with Gasteiger partial charge in [0.05, 0.1) is 6.61 Å². The predicted octanol–water partition coefficient (Wildman–Crippen LogP) is 2.66. The zero-order valence-corrected chi connectivity index (χ0v) is 12.2. The minimum Gasteiger partial charge on any atom is -0.479 e. The Hall–Kier alpha value is -1.62. The largest absolute Gasteiger partial charge is 0.479 e. The Bertz CT molecular complexity index is 437. The van der Waals surface area contributed by atoms with Crippen LogP contribution in [0.4, 0.5) is 4.39 Å². The maximum atomic E-state index is 13.5. The lowest BCUT2D eigenvalue weighted by Crippen LogP contribution is -2.28. The molecule has 0 fully saturated rings. The first kappa shape index (κ1) is 16.4. The summed E-state index contributed by atoms with van der Waals surface area (Å²) in [6, 6.07) is 4.45. The van der Waals surface area contributed by atoms with Crippen LogP contribution < -0.4 is 10.1 Å². The number of hydrogen-bond donors (Lipinski definition) is 1. The Balaban J connectivity index is 2.79. The van der Waals surface area contributed by atoms with Crippen LogP contribution in [0.25, 0.3) is 0 Å². The van der Waals surface area contributed by atoms with E-state index in [1.165, 1.54) is 12.1 Å². The number of rotatable bonds is 8. The van der Waals surface area contributed by atoms with Crippen LogP contribution in [0, 0.1) is 5.82 Å². The third kappa shape index (κ3) is 5.17. The number of benzene rings is 1. The molecule has 0 bridgehead atoms. The summed E-state index contributed by atoms with van der Waals surface area (Å²) in [5, 5.41) is 3.12. The second kappa shape index (κ2) is 8.53. The van der Waals surface area contributed by atoms with E-state index in [0.717, 1.165) is 12.1 Å². The van der Waals surface area contributed by atoms with Crippen LogP contribution in [0.15, 0.2) is 18.2 Å². The van der Waals surface area contributed by atoms with Crippen LogP contribution in [0.5, 0.6) is 5.75 Å². The fourth-order valence-electron chi connectivity index (χ4n) is 1.76. The number of halogens is 1. The first-order chi connectivity index (χ1) is 9.60. The molecule has 112 valence electrons. The first-order valence-corrected chi connectivity index (χ1v) is 6.94. The van der Waals surface area contributed by atoms with Gasteiger partial charge in [-0.3, -0.25) is 0 Å². The van der Waals surface area contributed by atoms with E-state index in [1.807, 2.05) is 13.8 Å². The smallest absolute Gasteiger partial charge is 0.347 e. The number of esters is 1. The van der Waals surface area contributed by atoms with Crippen molar-refractivity contribution in [2.24, 2.45) is 0 Å². The number of nitrogens with one attached hydrogen (secondary N) is 1. The molecule has 5 heteroatoms. The number of carbonyl (C=O) groups is 1. The van der Waals surface area contributed by atoms with Crippen LogP contribution in [0.2, 0.25) is 0 Å². The molecule has 0 heterocycles. The summed E-state index contributed by atoms with van der Waals surface area (Å²) in [6.45, 7) is 7.19. The van der Waals surface area contributed by atoms with Gasteiger partial charge in [-0.05, 0) is 37.6 Å². The highest BCUT2D eigenvalue weighted by atomic mass is 19.1. The summed E-state index contributed by atoms with van der Waals surface area (Å²) in [7, 11) is 0. The molecule has 0 aliphatic carbocycles. The first-order valence-electron chi connectivity index (χ1n) is 6.94. The topological polar surface area (TPSA) is 47.6 Å². The van der Waals surface area contributed by atoms with Crippen molar-refractivity contribution in [2.45, 2.75) is 39.8 Å². The van der Waals surface area contributed by atoms with E-state index in [9.17, 15) is 9.18 Å². The zero-order valence-electron chi connectivity index (χ0n) is 12.2. The molecule has 0 radical (unpaired) electrons. The Labute approximate surface area is 119 Å². The highest BCUT2D eigenvalue weighted by molar-refractivity contribution is 5.75. The summed E-state index contributed by atoms with van der Waals surface area (Å²) < 4.78 is 24.0. The van der Waals surface area contributed by atoms with Gasteiger partial charge in [-0.2, -0.15) is 0 Å². The van der Waals surface area contributed by atoms with E-state index in [0.29, 0.717) is 25.3 Å². The van der Waals surface area contributed by atoms with Crippen molar-refractivity contribution in [3.05, 3.63) is 29.6 Å². The monoisotopic (exact) mass is 283 g/mol. The quantitative estimate of drug-likeness (QED) is 0.745. The molecule has 1 atom stereocenters. The molecule has 1 rings (SSSR count). The van der Waals surface area contributed by atoms with E-state index >= 15 is 0 Å². The van der Waals surface area contributed by atoms with E-state index < -0.39 is 12.1 Å². The lowest BCUT2D eigenvalue weighted by Gasteiger charge is -2.16. The fraction of sp³-hybridized carbons (Fsp3) is 0.533. The molecule has 1 aromatic rings. The molecule has 0 amide bonds. The van der Waals surface area contributed by atoms with Gasteiger partial charge in [-0.1, -0.05) is 13.8 Å². The summed E-state index contributed by atoms with van der Waals surface area (Å²) in [5.74, 6) is -0.459. The van der Waals surface area contributed by atoms with Crippen molar-refractivity contribution in [1.82, 2.24) is 5.32 Å². The molecule has 0 aliphatic rings. The average Bonchev–Trinajstić information content (AvgIpc) is 2.42. The van der Waals surface area contributed by atoms with Crippen LogP contribution in [0.3, 0.4) is 0 Å². The number of ether oxygens (including phenoxy) is 2. The average molecular weight is 283 g/mol. The molecule has 1 aromatic carbocycles.